The third kappa shape index (κ3) is 2.10. The molecule has 112 valence electrons. The number of aromatic nitrogens is 4. The molecule has 3 aromatic rings. The predicted octanol–water partition coefficient (Wildman–Crippen LogP) is 1.58. The van der Waals surface area contributed by atoms with Crippen molar-refractivity contribution in [1.29, 1.82) is 0 Å². The van der Waals surface area contributed by atoms with Gasteiger partial charge in [-0.1, -0.05) is 12.1 Å². The molecule has 2 aromatic heterocycles. The SMILES string of the molecule is O[C@H]1C[C@H](c2cccc(F)c2)N(c2nccn3cnnc23)C1. The zero-order chi connectivity index (χ0) is 15.1. The number of aliphatic hydroxyl groups excluding tert-OH is 1. The number of anilines is 1. The number of hydrogen-bond acceptors (Lipinski definition) is 5. The van der Waals surface area contributed by atoms with E-state index < -0.39 is 6.10 Å². The van der Waals surface area contributed by atoms with E-state index >= 15 is 0 Å². The molecule has 3 heterocycles. The lowest BCUT2D eigenvalue weighted by Crippen LogP contribution is -2.26. The summed E-state index contributed by atoms with van der Waals surface area (Å²) >= 11 is 0. The monoisotopic (exact) mass is 299 g/mol. The van der Waals surface area contributed by atoms with Crippen LogP contribution in [0.3, 0.4) is 0 Å². The molecule has 0 unspecified atom stereocenters. The number of β-amino-alcohol motifs (C(OH)–C–C–N with tert-alkyl or cyclic N) is 1. The van der Waals surface area contributed by atoms with Gasteiger partial charge in [0, 0.05) is 18.9 Å². The summed E-state index contributed by atoms with van der Waals surface area (Å²) in [5.41, 5.74) is 1.44. The number of rotatable bonds is 2. The second-order valence-electron chi connectivity index (χ2n) is 5.43. The zero-order valence-corrected chi connectivity index (χ0v) is 11.7. The standard InChI is InChI=1S/C15H14FN5O/c16-11-3-1-2-10(6-11)13-7-12(22)8-21(13)14-15-19-18-9-20(15)5-4-17-14/h1-6,9,12-13,22H,7-8H2/t12-,13+/m0/s1. The van der Waals surface area contributed by atoms with E-state index in [0.717, 1.165) is 5.56 Å². The maximum Gasteiger partial charge on any atom is 0.203 e. The van der Waals surface area contributed by atoms with Gasteiger partial charge in [-0.05, 0) is 24.1 Å². The van der Waals surface area contributed by atoms with E-state index in [1.54, 1.807) is 29.2 Å². The zero-order valence-electron chi connectivity index (χ0n) is 11.7. The fourth-order valence-electron chi connectivity index (χ4n) is 3.03. The fraction of sp³-hybridized carbons (Fsp3) is 0.267. The minimum atomic E-state index is -0.488. The van der Waals surface area contributed by atoms with Crippen molar-refractivity contribution in [2.75, 3.05) is 11.4 Å². The number of benzene rings is 1. The van der Waals surface area contributed by atoms with Crippen LogP contribution in [-0.4, -0.2) is 37.3 Å². The Morgan fingerprint density at radius 2 is 2.23 bits per heavy atom. The minimum absolute atomic E-state index is 0.138. The Bertz CT molecular complexity index is 820. The van der Waals surface area contributed by atoms with Crippen LogP contribution in [0.15, 0.2) is 43.0 Å². The Kier molecular flexibility index (Phi) is 3.00. The van der Waals surface area contributed by atoms with Gasteiger partial charge in [0.1, 0.15) is 12.1 Å². The summed E-state index contributed by atoms with van der Waals surface area (Å²) in [6, 6.07) is 6.32. The van der Waals surface area contributed by atoms with Crippen LogP contribution in [0.1, 0.15) is 18.0 Å². The van der Waals surface area contributed by atoms with Gasteiger partial charge in [0.15, 0.2) is 5.82 Å². The summed E-state index contributed by atoms with van der Waals surface area (Å²) in [5, 5.41) is 18.1. The summed E-state index contributed by atoms with van der Waals surface area (Å²) < 4.78 is 15.3. The first-order valence-electron chi connectivity index (χ1n) is 7.07. The van der Waals surface area contributed by atoms with Gasteiger partial charge >= 0.3 is 0 Å². The van der Waals surface area contributed by atoms with Crippen LogP contribution >= 0.6 is 0 Å². The molecule has 6 nitrogen and oxygen atoms in total. The van der Waals surface area contributed by atoms with Crippen molar-refractivity contribution in [3.05, 3.63) is 54.4 Å². The van der Waals surface area contributed by atoms with Crippen molar-refractivity contribution in [1.82, 2.24) is 19.6 Å². The summed E-state index contributed by atoms with van der Waals surface area (Å²) in [7, 11) is 0. The molecule has 0 aliphatic carbocycles. The molecular formula is C15H14FN5O. The van der Waals surface area contributed by atoms with Gasteiger partial charge < -0.3 is 10.0 Å². The van der Waals surface area contributed by atoms with E-state index in [2.05, 4.69) is 15.2 Å². The van der Waals surface area contributed by atoms with E-state index in [1.165, 1.54) is 12.1 Å². The summed E-state index contributed by atoms with van der Waals surface area (Å²) in [6.45, 7) is 0.431. The molecule has 1 fully saturated rings. The number of fused-ring (bicyclic) bond motifs is 1. The van der Waals surface area contributed by atoms with Gasteiger partial charge in [-0.3, -0.25) is 4.40 Å². The highest BCUT2D eigenvalue weighted by Gasteiger charge is 2.34. The smallest absolute Gasteiger partial charge is 0.203 e. The van der Waals surface area contributed by atoms with Crippen molar-refractivity contribution < 1.29 is 9.50 Å². The van der Waals surface area contributed by atoms with E-state index in [4.69, 9.17) is 0 Å². The molecule has 4 rings (SSSR count). The van der Waals surface area contributed by atoms with Gasteiger partial charge in [0.05, 0.1) is 12.1 Å². The molecule has 1 aliphatic heterocycles. The van der Waals surface area contributed by atoms with Gasteiger partial charge in [0.2, 0.25) is 5.65 Å². The minimum Gasteiger partial charge on any atom is -0.391 e. The molecule has 1 N–H and O–H groups in total. The Hall–Kier alpha value is -2.54. The van der Waals surface area contributed by atoms with Gasteiger partial charge in [-0.25, -0.2) is 9.37 Å². The summed E-state index contributed by atoms with van der Waals surface area (Å²) in [5.74, 6) is 0.360. The molecule has 2 atom stereocenters. The lowest BCUT2D eigenvalue weighted by molar-refractivity contribution is 0.194. The normalized spacial score (nSPS) is 21.6. The molecule has 0 saturated carbocycles. The highest BCUT2D eigenvalue weighted by molar-refractivity contribution is 5.65. The fourth-order valence-corrected chi connectivity index (χ4v) is 3.03. The maximum atomic E-state index is 13.5. The van der Waals surface area contributed by atoms with Crippen LogP contribution in [0, 0.1) is 5.82 Å². The first-order chi connectivity index (χ1) is 10.7. The Balaban J connectivity index is 1.80. The quantitative estimate of drug-likeness (QED) is 0.778. The molecule has 0 spiro atoms. The van der Waals surface area contributed by atoms with Crippen LogP contribution in [0.5, 0.6) is 0 Å². The topological polar surface area (TPSA) is 66.5 Å². The van der Waals surface area contributed by atoms with Crippen LogP contribution in [0.25, 0.3) is 5.65 Å². The summed E-state index contributed by atoms with van der Waals surface area (Å²) in [4.78, 5) is 6.35. The molecule has 7 heteroatoms. The molecule has 1 aliphatic rings. The van der Waals surface area contributed by atoms with Crippen molar-refractivity contribution in [2.45, 2.75) is 18.6 Å². The van der Waals surface area contributed by atoms with Crippen LogP contribution < -0.4 is 4.90 Å². The van der Waals surface area contributed by atoms with Crippen LogP contribution in [-0.2, 0) is 0 Å². The van der Waals surface area contributed by atoms with Gasteiger partial charge in [0.25, 0.3) is 0 Å². The average Bonchev–Trinajstić information content (AvgIpc) is 3.13. The first-order valence-corrected chi connectivity index (χ1v) is 7.07. The molecule has 0 bridgehead atoms. The molecule has 0 amide bonds. The lowest BCUT2D eigenvalue weighted by Gasteiger charge is -2.25. The number of aliphatic hydroxyl groups is 1. The molecule has 1 saturated heterocycles. The van der Waals surface area contributed by atoms with Crippen molar-refractivity contribution >= 4 is 11.5 Å². The Morgan fingerprint density at radius 1 is 1.32 bits per heavy atom. The van der Waals surface area contributed by atoms with Crippen LogP contribution in [0.2, 0.25) is 0 Å². The largest absolute Gasteiger partial charge is 0.391 e. The Morgan fingerprint density at radius 3 is 3.09 bits per heavy atom. The lowest BCUT2D eigenvalue weighted by atomic mass is 10.0. The highest BCUT2D eigenvalue weighted by Crippen LogP contribution is 2.36. The second kappa shape index (κ2) is 5.03. The molecule has 22 heavy (non-hydrogen) atoms. The number of halogens is 1. The molecule has 0 radical (unpaired) electrons. The third-order valence-corrected chi connectivity index (χ3v) is 3.98. The number of hydrogen-bond donors (Lipinski definition) is 1. The third-order valence-electron chi connectivity index (χ3n) is 3.98. The molecule has 1 aromatic carbocycles. The maximum absolute atomic E-state index is 13.5. The van der Waals surface area contributed by atoms with Crippen molar-refractivity contribution in [3.8, 4) is 0 Å². The van der Waals surface area contributed by atoms with E-state index in [9.17, 15) is 9.50 Å². The second-order valence-corrected chi connectivity index (χ2v) is 5.43. The number of nitrogens with zero attached hydrogens (tertiary/aromatic N) is 5. The van der Waals surface area contributed by atoms with E-state index in [-0.39, 0.29) is 11.9 Å². The van der Waals surface area contributed by atoms with Gasteiger partial charge in [-0.2, -0.15) is 0 Å². The highest BCUT2D eigenvalue weighted by atomic mass is 19.1. The van der Waals surface area contributed by atoms with Gasteiger partial charge in [-0.15, -0.1) is 10.2 Å². The average molecular weight is 299 g/mol. The first kappa shape index (κ1) is 13.1. The van der Waals surface area contributed by atoms with Crippen LogP contribution in [0.4, 0.5) is 10.2 Å². The summed E-state index contributed by atoms with van der Waals surface area (Å²) in [6.07, 6.45) is 5.07. The van der Waals surface area contributed by atoms with Crippen molar-refractivity contribution in [2.24, 2.45) is 0 Å². The Labute approximate surface area is 125 Å². The van der Waals surface area contributed by atoms with E-state index in [0.29, 0.717) is 24.4 Å². The predicted molar refractivity (Wildman–Crippen MR) is 77.9 cm³/mol. The molecular weight excluding hydrogens is 285 g/mol. The van der Waals surface area contributed by atoms with Crippen molar-refractivity contribution in [3.63, 3.8) is 0 Å². The van der Waals surface area contributed by atoms with E-state index in [1.807, 2.05) is 11.0 Å².